The predicted molar refractivity (Wildman–Crippen MR) is 20.6 cm³/mol. The molecule has 0 N–H and O–H groups in total. The van der Waals surface area contributed by atoms with E-state index in [-0.39, 0.29) is 51.4 Å². The largest absolute Gasteiger partial charge is 1.00 e. The average molecular weight is 220 g/mol. The third-order valence-electron chi connectivity index (χ3n) is 0.587. The van der Waals surface area contributed by atoms with Gasteiger partial charge in [0.05, 0.1) is 0 Å². The zero-order chi connectivity index (χ0) is 8.58. The molecule has 0 saturated heterocycles. The van der Waals surface area contributed by atoms with Crippen LogP contribution in [0.3, 0.4) is 0 Å². The molecule has 3 nitrogen and oxygen atoms in total. The molecule has 0 aliphatic heterocycles. The molecular formula is C2HF4KO3S. The molecule has 9 heteroatoms. The van der Waals surface area contributed by atoms with E-state index in [2.05, 4.69) is 0 Å². The fraction of sp³-hybridized carbons (Fsp3) is 1.00. The minimum atomic E-state index is -6.23. The Morgan fingerprint density at radius 1 is 1.27 bits per heavy atom. The Hall–Kier alpha value is 1.27. The molecule has 0 fully saturated rings. The van der Waals surface area contributed by atoms with Crippen molar-refractivity contribution in [1.82, 2.24) is 0 Å². The minimum absolute atomic E-state index is 0. The first-order valence-electron chi connectivity index (χ1n) is 1.81. The molecule has 0 aliphatic carbocycles. The summed E-state index contributed by atoms with van der Waals surface area (Å²) in [5, 5.41) is -5.48. The molecule has 0 rings (SSSR count). The van der Waals surface area contributed by atoms with Gasteiger partial charge in [0.1, 0.15) is 0 Å². The monoisotopic (exact) mass is 220 g/mol. The Bertz CT molecular complexity index is 211. The third kappa shape index (κ3) is 3.66. The molecule has 0 heterocycles. The SMILES string of the molecule is O=S(=O)([O-])C(F)(F)C(F)F.[K+]. The summed E-state index contributed by atoms with van der Waals surface area (Å²) in [6.45, 7) is 0. The number of rotatable bonds is 2. The van der Waals surface area contributed by atoms with E-state index in [1.165, 1.54) is 0 Å². The van der Waals surface area contributed by atoms with Gasteiger partial charge in [-0.05, 0) is 0 Å². The van der Waals surface area contributed by atoms with Crippen molar-refractivity contribution in [2.24, 2.45) is 0 Å². The van der Waals surface area contributed by atoms with Crippen LogP contribution in [0, 0.1) is 0 Å². The number of alkyl halides is 4. The molecule has 0 bridgehead atoms. The van der Waals surface area contributed by atoms with Crippen LogP contribution in [-0.4, -0.2) is 24.7 Å². The molecule has 0 spiro atoms. The molecule has 0 radical (unpaired) electrons. The Balaban J connectivity index is 0. The Morgan fingerprint density at radius 2 is 1.55 bits per heavy atom. The summed E-state index contributed by atoms with van der Waals surface area (Å²) in [6, 6.07) is 0. The van der Waals surface area contributed by atoms with Gasteiger partial charge in [0.25, 0.3) is 0 Å². The summed E-state index contributed by atoms with van der Waals surface area (Å²) in [4.78, 5) is 0. The Morgan fingerprint density at radius 3 is 1.55 bits per heavy atom. The van der Waals surface area contributed by atoms with Gasteiger partial charge < -0.3 is 4.55 Å². The van der Waals surface area contributed by atoms with Gasteiger partial charge in [-0.2, -0.15) is 8.78 Å². The predicted octanol–water partition coefficient (Wildman–Crippen LogP) is -2.61. The smallest absolute Gasteiger partial charge is 0.743 e. The van der Waals surface area contributed by atoms with Crippen LogP contribution in [0.15, 0.2) is 0 Å². The Labute approximate surface area is 102 Å². The van der Waals surface area contributed by atoms with Crippen LogP contribution in [0.1, 0.15) is 0 Å². The van der Waals surface area contributed by atoms with Crippen molar-refractivity contribution < 1.29 is 81.9 Å². The normalized spacial score (nSPS) is 12.9. The standard InChI is InChI=1S/C2H2F4O3S.K/c3-1(4)2(5,6)10(7,8)9;/h1H,(H,7,8,9);/q;+1/p-1. The van der Waals surface area contributed by atoms with Gasteiger partial charge in [0.2, 0.25) is 0 Å². The van der Waals surface area contributed by atoms with Crippen LogP contribution in [-0.2, 0) is 10.1 Å². The van der Waals surface area contributed by atoms with E-state index in [0.717, 1.165) is 0 Å². The van der Waals surface area contributed by atoms with Crippen molar-refractivity contribution in [2.45, 2.75) is 11.7 Å². The van der Waals surface area contributed by atoms with Gasteiger partial charge >= 0.3 is 63.1 Å². The van der Waals surface area contributed by atoms with E-state index in [1.54, 1.807) is 0 Å². The van der Waals surface area contributed by atoms with E-state index in [0.29, 0.717) is 0 Å². The number of hydrogen-bond acceptors (Lipinski definition) is 3. The summed E-state index contributed by atoms with van der Waals surface area (Å²) < 4.78 is 72.7. The average Bonchev–Trinajstić information content (AvgIpc) is 1.62. The maximum absolute atomic E-state index is 11.4. The van der Waals surface area contributed by atoms with Gasteiger partial charge in [-0.15, -0.1) is 0 Å². The fourth-order valence-electron chi connectivity index (χ4n) is 0.109. The van der Waals surface area contributed by atoms with E-state index in [4.69, 9.17) is 0 Å². The molecule has 0 atom stereocenters. The molecule has 0 amide bonds. The molecule has 0 unspecified atom stereocenters. The van der Waals surface area contributed by atoms with Crippen LogP contribution < -0.4 is 51.4 Å². The maximum Gasteiger partial charge on any atom is 1.00 e. The molecule has 62 valence electrons. The third-order valence-corrected chi connectivity index (χ3v) is 1.43. The van der Waals surface area contributed by atoms with Crippen molar-refractivity contribution >= 4 is 10.1 Å². The van der Waals surface area contributed by atoms with E-state index < -0.39 is 21.8 Å². The molecule has 0 aromatic carbocycles. The Kier molecular flexibility index (Phi) is 6.03. The molecule has 0 saturated carbocycles. The zero-order valence-corrected chi connectivity index (χ0v) is 9.16. The van der Waals surface area contributed by atoms with Gasteiger partial charge in [0.15, 0.2) is 10.1 Å². The van der Waals surface area contributed by atoms with Crippen molar-refractivity contribution in [3.63, 3.8) is 0 Å². The molecule has 11 heavy (non-hydrogen) atoms. The number of halogens is 4. The van der Waals surface area contributed by atoms with Gasteiger partial charge in [-0.25, -0.2) is 17.2 Å². The van der Waals surface area contributed by atoms with Crippen molar-refractivity contribution in [3.8, 4) is 0 Å². The van der Waals surface area contributed by atoms with E-state index in [1.807, 2.05) is 0 Å². The molecule has 0 aromatic rings. The quantitative estimate of drug-likeness (QED) is 0.291. The van der Waals surface area contributed by atoms with E-state index in [9.17, 15) is 30.5 Å². The molecule has 0 aromatic heterocycles. The second kappa shape index (κ2) is 4.49. The van der Waals surface area contributed by atoms with Crippen LogP contribution >= 0.6 is 0 Å². The fourth-order valence-corrected chi connectivity index (χ4v) is 0.327. The van der Waals surface area contributed by atoms with Crippen LogP contribution in [0.25, 0.3) is 0 Å². The van der Waals surface area contributed by atoms with Crippen LogP contribution in [0.4, 0.5) is 17.6 Å². The van der Waals surface area contributed by atoms with Crippen LogP contribution in [0.5, 0.6) is 0 Å². The number of hydrogen-bond donors (Lipinski definition) is 0. The first-order valence-corrected chi connectivity index (χ1v) is 3.22. The summed E-state index contributed by atoms with van der Waals surface area (Å²) in [5.74, 6) is 0. The van der Waals surface area contributed by atoms with Gasteiger partial charge in [0, 0.05) is 0 Å². The van der Waals surface area contributed by atoms with E-state index >= 15 is 0 Å². The second-order valence-electron chi connectivity index (χ2n) is 1.32. The topological polar surface area (TPSA) is 57.2 Å². The van der Waals surface area contributed by atoms with Crippen molar-refractivity contribution in [2.75, 3.05) is 0 Å². The summed E-state index contributed by atoms with van der Waals surface area (Å²) in [7, 11) is -6.23. The zero-order valence-electron chi connectivity index (χ0n) is 5.22. The van der Waals surface area contributed by atoms with Gasteiger partial charge in [-0.3, -0.25) is 0 Å². The summed E-state index contributed by atoms with van der Waals surface area (Å²) >= 11 is 0. The second-order valence-corrected chi connectivity index (χ2v) is 2.77. The summed E-state index contributed by atoms with van der Waals surface area (Å²) in [6.07, 6.45) is -4.48. The van der Waals surface area contributed by atoms with Crippen molar-refractivity contribution in [3.05, 3.63) is 0 Å². The minimum Gasteiger partial charge on any atom is -0.743 e. The van der Waals surface area contributed by atoms with Crippen LogP contribution in [0.2, 0.25) is 0 Å². The first kappa shape index (κ1) is 14.8. The van der Waals surface area contributed by atoms with Gasteiger partial charge in [-0.1, -0.05) is 0 Å². The first-order chi connectivity index (χ1) is 4.19. The summed E-state index contributed by atoms with van der Waals surface area (Å²) in [5.41, 5.74) is 0. The van der Waals surface area contributed by atoms with Crippen molar-refractivity contribution in [1.29, 1.82) is 0 Å². The maximum atomic E-state index is 11.4. The molecular weight excluding hydrogens is 219 g/mol. The molecule has 0 aliphatic rings.